The zero-order chi connectivity index (χ0) is 8.69. The molecule has 0 radical (unpaired) electrons. The highest BCUT2D eigenvalue weighted by atomic mass is 16.5. The summed E-state index contributed by atoms with van der Waals surface area (Å²) in [7, 11) is 3.52. The molecule has 0 atom stereocenters. The molecular formula is C8H18N2O. The second-order valence-corrected chi connectivity index (χ2v) is 2.34. The lowest BCUT2D eigenvalue weighted by Crippen LogP contribution is -2.31. The maximum absolute atomic E-state index is 4.97. The fourth-order valence-corrected chi connectivity index (χ4v) is 0.892. The number of likely N-dealkylation sites (N-methyl/N-ethyl adjacent to an activating group) is 1. The average Bonchev–Trinajstić information content (AvgIpc) is 2.05. The number of nitrogens with zero attached hydrogens (tertiary/aromatic N) is 2. The molecule has 0 aliphatic carbocycles. The van der Waals surface area contributed by atoms with Crippen molar-refractivity contribution in [3.05, 3.63) is 0 Å². The van der Waals surface area contributed by atoms with Gasteiger partial charge in [0.25, 0.3) is 0 Å². The van der Waals surface area contributed by atoms with Gasteiger partial charge in [-0.05, 0) is 13.8 Å². The third-order valence-corrected chi connectivity index (χ3v) is 1.73. The first-order valence-electron chi connectivity index (χ1n) is 3.93. The minimum atomic E-state index is 0.765. The normalized spacial score (nSPS) is 11.8. The van der Waals surface area contributed by atoms with Crippen LogP contribution in [-0.2, 0) is 4.74 Å². The predicted molar refractivity (Wildman–Crippen MR) is 48.2 cm³/mol. The van der Waals surface area contributed by atoms with Gasteiger partial charge in [-0.1, -0.05) is 0 Å². The third-order valence-electron chi connectivity index (χ3n) is 1.73. The number of amidine groups is 1. The average molecular weight is 158 g/mol. The molecule has 0 aliphatic heterocycles. The zero-order valence-electron chi connectivity index (χ0n) is 7.92. The quantitative estimate of drug-likeness (QED) is 0.450. The molecule has 0 aromatic rings. The molecule has 11 heavy (non-hydrogen) atoms. The van der Waals surface area contributed by atoms with Crippen molar-refractivity contribution in [2.24, 2.45) is 4.99 Å². The fourth-order valence-electron chi connectivity index (χ4n) is 0.892. The summed E-state index contributed by atoms with van der Waals surface area (Å²) < 4.78 is 4.97. The Bertz CT molecular complexity index is 123. The molecule has 0 N–H and O–H groups in total. The second kappa shape index (κ2) is 6.16. The molecule has 0 fully saturated rings. The molecule has 3 heteroatoms. The molecule has 3 nitrogen and oxygen atoms in total. The van der Waals surface area contributed by atoms with Crippen LogP contribution in [0.15, 0.2) is 4.99 Å². The van der Waals surface area contributed by atoms with Gasteiger partial charge in [-0.2, -0.15) is 0 Å². The van der Waals surface area contributed by atoms with Crippen LogP contribution < -0.4 is 0 Å². The first-order valence-corrected chi connectivity index (χ1v) is 3.93. The number of hydrogen-bond donors (Lipinski definition) is 0. The largest absolute Gasteiger partial charge is 0.383 e. The lowest BCUT2D eigenvalue weighted by atomic mass is 10.4. The number of hydrogen-bond acceptors (Lipinski definition) is 2. The van der Waals surface area contributed by atoms with Crippen LogP contribution in [0.4, 0.5) is 0 Å². The minimum absolute atomic E-state index is 0.765. The SMILES string of the molecule is CCN(CCOC)C(C)=NC. The van der Waals surface area contributed by atoms with Gasteiger partial charge in [0, 0.05) is 27.2 Å². The van der Waals surface area contributed by atoms with Crippen molar-refractivity contribution >= 4 is 5.84 Å². The molecule has 0 aliphatic rings. The summed E-state index contributed by atoms with van der Waals surface area (Å²) in [6.07, 6.45) is 0. The number of rotatable bonds is 4. The smallest absolute Gasteiger partial charge is 0.0954 e. The third kappa shape index (κ3) is 3.98. The summed E-state index contributed by atoms with van der Waals surface area (Å²) in [5, 5.41) is 0. The molecular weight excluding hydrogens is 140 g/mol. The summed E-state index contributed by atoms with van der Waals surface area (Å²) in [5.74, 6) is 1.07. The topological polar surface area (TPSA) is 24.8 Å². The van der Waals surface area contributed by atoms with E-state index < -0.39 is 0 Å². The van der Waals surface area contributed by atoms with Gasteiger partial charge in [0.1, 0.15) is 0 Å². The van der Waals surface area contributed by atoms with Crippen molar-refractivity contribution < 1.29 is 4.74 Å². The Labute approximate surface area is 69.1 Å². The molecule has 0 saturated heterocycles. The molecule has 0 amide bonds. The monoisotopic (exact) mass is 158 g/mol. The van der Waals surface area contributed by atoms with E-state index in [-0.39, 0.29) is 0 Å². The van der Waals surface area contributed by atoms with Gasteiger partial charge in [0.05, 0.1) is 12.4 Å². The van der Waals surface area contributed by atoms with Crippen molar-refractivity contribution in [3.63, 3.8) is 0 Å². The summed E-state index contributed by atoms with van der Waals surface area (Å²) in [4.78, 5) is 6.28. The molecule has 0 spiro atoms. The molecule has 0 aromatic heterocycles. The maximum Gasteiger partial charge on any atom is 0.0954 e. The van der Waals surface area contributed by atoms with E-state index in [1.807, 2.05) is 14.0 Å². The van der Waals surface area contributed by atoms with E-state index in [0.29, 0.717) is 0 Å². The predicted octanol–water partition coefficient (Wildman–Crippen LogP) is 1.00. The van der Waals surface area contributed by atoms with E-state index in [4.69, 9.17) is 4.74 Å². The molecule has 0 unspecified atom stereocenters. The summed E-state index contributed by atoms with van der Waals surface area (Å²) in [6, 6.07) is 0. The van der Waals surface area contributed by atoms with Crippen LogP contribution in [0.2, 0.25) is 0 Å². The Hall–Kier alpha value is -0.570. The van der Waals surface area contributed by atoms with Crippen LogP contribution >= 0.6 is 0 Å². The molecule has 0 saturated carbocycles. The first kappa shape index (κ1) is 10.4. The van der Waals surface area contributed by atoms with E-state index in [2.05, 4.69) is 16.8 Å². The second-order valence-electron chi connectivity index (χ2n) is 2.34. The van der Waals surface area contributed by atoms with Gasteiger partial charge >= 0.3 is 0 Å². The van der Waals surface area contributed by atoms with Crippen LogP contribution in [0.3, 0.4) is 0 Å². The van der Waals surface area contributed by atoms with E-state index in [1.54, 1.807) is 7.11 Å². The van der Waals surface area contributed by atoms with Gasteiger partial charge in [-0.3, -0.25) is 4.99 Å². The van der Waals surface area contributed by atoms with Crippen molar-refractivity contribution in [1.82, 2.24) is 4.90 Å². The highest BCUT2D eigenvalue weighted by Gasteiger charge is 2.01. The van der Waals surface area contributed by atoms with Crippen molar-refractivity contribution in [2.75, 3.05) is 33.9 Å². The van der Waals surface area contributed by atoms with E-state index in [1.165, 1.54) is 0 Å². The van der Waals surface area contributed by atoms with Gasteiger partial charge in [0.2, 0.25) is 0 Å². The fraction of sp³-hybridized carbons (Fsp3) is 0.875. The Morgan fingerprint density at radius 1 is 1.55 bits per heavy atom. The highest BCUT2D eigenvalue weighted by Crippen LogP contribution is 1.90. The molecule has 0 aromatic carbocycles. The Morgan fingerprint density at radius 3 is 2.55 bits per heavy atom. The number of aliphatic imine (C=N–C) groups is 1. The summed E-state index contributed by atoms with van der Waals surface area (Å²) in [5.41, 5.74) is 0. The lowest BCUT2D eigenvalue weighted by Gasteiger charge is -2.21. The Balaban J connectivity index is 3.75. The first-order chi connectivity index (χ1) is 5.26. The van der Waals surface area contributed by atoms with Crippen LogP contribution in [0.5, 0.6) is 0 Å². The van der Waals surface area contributed by atoms with Crippen molar-refractivity contribution in [2.45, 2.75) is 13.8 Å². The Morgan fingerprint density at radius 2 is 2.18 bits per heavy atom. The van der Waals surface area contributed by atoms with Crippen molar-refractivity contribution in [3.8, 4) is 0 Å². The molecule has 0 rings (SSSR count). The number of ether oxygens (including phenoxy) is 1. The number of methoxy groups -OCH3 is 1. The minimum Gasteiger partial charge on any atom is -0.383 e. The van der Waals surface area contributed by atoms with Gasteiger partial charge in [-0.15, -0.1) is 0 Å². The molecule has 0 heterocycles. The Kier molecular flexibility index (Phi) is 5.84. The van der Waals surface area contributed by atoms with Gasteiger partial charge in [-0.25, -0.2) is 0 Å². The van der Waals surface area contributed by atoms with E-state index in [9.17, 15) is 0 Å². The van der Waals surface area contributed by atoms with Crippen LogP contribution in [0.1, 0.15) is 13.8 Å². The van der Waals surface area contributed by atoms with Crippen LogP contribution in [0, 0.1) is 0 Å². The molecule has 0 bridgehead atoms. The maximum atomic E-state index is 4.97. The highest BCUT2D eigenvalue weighted by molar-refractivity contribution is 5.79. The standard InChI is InChI=1S/C8H18N2O/c1-5-10(6-7-11-4)8(2)9-3/h5-7H2,1-4H3. The van der Waals surface area contributed by atoms with Crippen LogP contribution in [-0.4, -0.2) is 44.6 Å². The summed E-state index contributed by atoms with van der Waals surface area (Å²) in [6.45, 7) is 6.81. The van der Waals surface area contributed by atoms with E-state index in [0.717, 1.165) is 25.5 Å². The lowest BCUT2D eigenvalue weighted by molar-refractivity contribution is 0.177. The zero-order valence-corrected chi connectivity index (χ0v) is 7.92. The van der Waals surface area contributed by atoms with Gasteiger partial charge in [0.15, 0.2) is 0 Å². The van der Waals surface area contributed by atoms with Crippen molar-refractivity contribution in [1.29, 1.82) is 0 Å². The van der Waals surface area contributed by atoms with Gasteiger partial charge < -0.3 is 9.64 Å². The van der Waals surface area contributed by atoms with Crippen LogP contribution in [0.25, 0.3) is 0 Å². The molecule has 66 valence electrons. The summed E-state index contributed by atoms with van der Waals surface area (Å²) >= 11 is 0. The van der Waals surface area contributed by atoms with E-state index >= 15 is 0 Å².